The normalized spacial score (nSPS) is 19.4. The number of methoxy groups -OCH3 is 1. The van der Waals surface area contributed by atoms with Gasteiger partial charge in [0.05, 0.1) is 26.2 Å². The first kappa shape index (κ1) is 19.4. The van der Waals surface area contributed by atoms with Crippen molar-refractivity contribution in [3.8, 4) is 5.75 Å². The molecule has 0 saturated carbocycles. The topological polar surface area (TPSA) is 64.8 Å². The molecular weight excluding hydrogens is 340 g/mol. The molecule has 1 aliphatic heterocycles. The van der Waals surface area contributed by atoms with E-state index in [0.29, 0.717) is 19.6 Å². The average molecular weight is 368 g/mol. The van der Waals surface area contributed by atoms with Crippen molar-refractivity contribution in [1.82, 2.24) is 4.90 Å². The van der Waals surface area contributed by atoms with Crippen molar-refractivity contribution in [2.24, 2.45) is 5.73 Å². The molecule has 3 rings (SSSR count). The number of esters is 1. The van der Waals surface area contributed by atoms with E-state index in [-0.39, 0.29) is 18.1 Å². The molecule has 5 nitrogen and oxygen atoms in total. The number of nitrogens with zero attached hydrogens (tertiary/aromatic N) is 1. The smallest absolute Gasteiger partial charge is 0.307 e. The Morgan fingerprint density at radius 3 is 2.59 bits per heavy atom. The van der Waals surface area contributed by atoms with Crippen LogP contribution < -0.4 is 10.5 Å². The van der Waals surface area contributed by atoms with Crippen LogP contribution in [0.25, 0.3) is 0 Å². The lowest BCUT2D eigenvalue weighted by Gasteiger charge is -2.43. The predicted molar refractivity (Wildman–Crippen MR) is 106 cm³/mol. The molecule has 2 aromatic carbocycles. The molecule has 2 aromatic rings. The van der Waals surface area contributed by atoms with Crippen LogP contribution in [0.1, 0.15) is 36.1 Å². The maximum atomic E-state index is 12.2. The average Bonchev–Trinajstić information content (AvgIpc) is 2.69. The molecule has 1 aliphatic rings. The van der Waals surface area contributed by atoms with Gasteiger partial charge >= 0.3 is 5.97 Å². The van der Waals surface area contributed by atoms with Gasteiger partial charge in [-0.1, -0.05) is 36.4 Å². The first-order chi connectivity index (χ1) is 13.2. The minimum Gasteiger partial charge on any atom is -0.497 e. The third kappa shape index (κ3) is 4.31. The van der Waals surface area contributed by atoms with Crippen LogP contribution in [0, 0.1) is 0 Å². The number of rotatable bonds is 7. The van der Waals surface area contributed by atoms with Crippen molar-refractivity contribution in [2.45, 2.75) is 31.8 Å². The van der Waals surface area contributed by atoms with Gasteiger partial charge in [-0.2, -0.15) is 0 Å². The van der Waals surface area contributed by atoms with Crippen LogP contribution in [0.2, 0.25) is 0 Å². The molecule has 0 fully saturated rings. The van der Waals surface area contributed by atoms with E-state index in [1.807, 2.05) is 19.1 Å². The third-order valence-corrected chi connectivity index (χ3v) is 5.13. The summed E-state index contributed by atoms with van der Waals surface area (Å²) in [6.45, 7) is 3.50. The lowest BCUT2D eigenvalue weighted by atomic mass is 9.83. The molecule has 2 N–H and O–H groups in total. The Morgan fingerprint density at radius 2 is 1.93 bits per heavy atom. The summed E-state index contributed by atoms with van der Waals surface area (Å²) in [6, 6.07) is 16.7. The number of fused-ring (bicyclic) bond motifs is 1. The molecule has 0 amide bonds. The van der Waals surface area contributed by atoms with E-state index in [4.69, 9.17) is 15.2 Å². The molecule has 0 aromatic heterocycles. The van der Waals surface area contributed by atoms with Crippen LogP contribution in [0.15, 0.2) is 48.5 Å². The molecule has 5 heteroatoms. The highest BCUT2D eigenvalue weighted by atomic mass is 16.5. The number of carbonyl (C=O) groups is 1. The molecule has 2 unspecified atom stereocenters. The van der Waals surface area contributed by atoms with E-state index in [2.05, 4.69) is 41.3 Å². The summed E-state index contributed by atoms with van der Waals surface area (Å²) in [5.74, 6) is 0.675. The van der Waals surface area contributed by atoms with Crippen LogP contribution in [-0.4, -0.2) is 43.7 Å². The Hall–Kier alpha value is -2.37. The lowest BCUT2D eigenvalue weighted by Crippen LogP contribution is -2.47. The Kier molecular flexibility index (Phi) is 6.48. The molecule has 144 valence electrons. The van der Waals surface area contributed by atoms with Crippen molar-refractivity contribution >= 4 is 5.97 Å². The number of carbonyl (C=O) groups excluding carboxylic acids is 1. The van der Waals surface area contributed by atoms with Crippen molar-refractivity contribution in [2.75, 3.05) is 26.8 Å². The lowest BCUT2D eigenvalue weighted by molar-refractivity contribution is -0.144. The summed E-state index contributed by atoms with van der Waals surface area (Å²) in [7, 11) is 1.67. The van der Waals surface area contributed by atoms with Crippen LogP contribution in [0.5, 0.6) is 5.75 Å². The summed E-state index contributed by atoms with van der Waals surface area (Å²) in [6.07, 6.45) is 1.19. The van der Waals surface area contributed by atoms with Gasteiger partial charge in [0.1, 0.15) is 5.75 Å². The number of benzene rings is 2. The summed E-state index contributed by atoms with van der Waals surface area (Å²) < 4.78 is 10.5. The maximum Gasteiger partial charge on any atom is 0.307 e. The quantitative estimate of drug-likeness (QED) is 0.761. The van der Waals surface area contributed by atoms with E-state index >= 15 is 0 Å². The molecule has 2 atom stereocenters. The van der Waals surface area contributed by atoms with E-state index in [9.17, 15) is 4.79 Å². The van der Waals surface area contributed by atoms with Crippen LogP contribution >= 0.6 is 0 Å². The minimum absolute atomic E-state index is 0.0591. The molecule has 0 bridgehead atoms. The summed E-state index contributed by atoms with van der Waals surface area (Å²) in [5.41, 5.74) is 9.66. The molecule has 27 heavy (non-hydrogen) atoms. The fraction of sp³-hybridized carbons (Fsp3) is 0.409. The fourth-order valence-electron chi connectivity index (χ4n) is 3.97. The highest BCUT2D eigenvalue weighted by Crippen LogP contribution is 2.39. The zero-order valence-corrected chi connectivity index (χ0v) is 16.1. The first-order valence-electron chi connectivity index (χ1n) is 9.51. The second-order valence-electron chi connectivity index (χ2n) is 6.77. The van der Waals surface area contributed by atoms with Gasteiger partial charge in [0, 0.05) is 19.1 Å². The second kappa shape index (κ2) is 9.02. The Morgan fingerprint density at radius 1 is 1.19 bits per heavy atom. The third-order valence-electron chi connectivity index (χ3n) is 5.13. The fourth-order valence-corrected chi connectivity index (χ4v) is 3.97. The molecule has 0 saturated heterocycles. The van der Waals surface area contributed by atoms with Gasteiger partial charge in [0.25, 0.3) is 0 Å². The van der Waals surface area contributed by atoms with Gasteiger partial charge in [0.15, 0.2) is 0 Å². The predicted octanol–water partition coefficient (Wildman–Crippen LogP) is 2.92. The standard InChI is InChI=1S/C22H28N2O3/c1-3-27-21(25)15-18-14-17-6-4-5-7-20(17)22(24(18)13-12-23)16-8-10-19(26-2)11-9-16/h4-11,18,22H,3,12-15,23H2,1-2H3. The zero-order chi connectivity index (χ0) is 19.2. The van der Waals surface area contributed by atoms with Crippen LogP contribution in [0.4, 0.5) is 0 Å². The Bertz CT molecular complexity index is 760. The highest BCUT2D eigenvalue weighted by Gasteiger charge is 2.35. The Balaban J connectivity index is 2.00. The van der Waals surface area contributed by atoms with Gasteiger partial charge in [0.2, 0.25) is 0 Å². The zero-order valence-electron chi connectivity index (χ0n) is 16.1. The summed E-state index contributed by atoms with van der Waals surface area (Å²) in [5, 5.41) is 0. The highest BCUT2D eigenvalue weighted by molar-refractivity contribution is 5.70. The second-order valence-corrected chi connectivity index (χ2v) is 6.77. The first-order valence-corrected chi connectivity index (χ1v) is 9.51. The largest absolute Gasteiger partial charge is 0.497 e. The molecule has 0 aliphatic carbocycles. The van der Waals surface area contributed by atoms with Gasteiger partial charge < -0.3 is 15.2 Å². The van der Waals surface area contributed by atoms with Crippen molar-refractivity contribution in [3.63, 3.8) is 0 Å². The van der Waals surface area contributed by atoms with Gasteiger partial charge in [-0.05, 0) is 42.2 Å². The number of hydrogen-bond donors (Lipinski definition) is 1. The number of nitrogens with two attached hydrogens (primary N) is 1. The number of hydrogen-bond acceptors (Lipinski definition) is 5. The maximum absolute atomic E-state index is 12.2. The molecule has 0 radical (unpaired) electrons. The van der Waals surface area contributed by atoms with E-state index in [1.54, 1.807) is 7.11 Å². The minimum atomic E-state index is -0.155. The van der Waals surface area contributed by atoms with Gasteiger partial charge in [-0.25, -0.2) is 0 Å². The summed E-state index contributed by atoms with van der Waals surface area (Å²) in [4.78, 5) is 14.6. The molecule has 1 heterocycles. The van der Waals surface area contributed by atoms with E-state index in [0.717, 1.165) is 18.7 Å². The van der Waals surface area contributed by atoms with Crippen molar-refractivity contribution in [3.05, 3.63) is 65.2 Å². The number of ether oxygens (including phenoxy) is 2. The Labute approximate surface area is 161 Å². The molecule has 0 spiro atoms. The summed E-state index contributed by atoms with van der Waals surface area (Å²) >= 11 is 0. The van der Waals surface area contributed by atoms with Crippen molar-refractivity contribution in [1.29, 1.82) is 0 Å². The van der Waals surface area contributed by atoms with Gasteiger partial charge in [-0.3, -0.25) is 9.69 Å². The van der Waals surface area contributed by atoms with Crippen LogP contribution in [-0.2, 0) is 16.0 Å². The SMILES string of the molecule is CCOC(=O)CC1Cc2ccccc2C(c2ccc(OC)cc2)N1CCN. The van der Waals surface area contributed by atoms with Crippen molar-refractivity contribution < 1.29 is 14.3 Å². The van der Waals surface area contributed by atoms with Crippen LogP contribution in [0.3, 0.4) is 0 Å². The monoisotopic (exact) mass is 368 g/mol. The van der Waals surface area contributed by atoms with E-state index < -0.39 is 0 Å². The van der Waals surface area contributed by atoms with Gasteiger partial charge in [-0.15, -0.1) is 0 Å². The molecular formula is C22H28N2O3. The van der Waals surface area contributed by atoms with E-state index in [1.165, 1.54) is 16.7 Å².